The van der Waals surface area contributed by atoms with Gasteiger partial charge in [-0.3, -0.25) is 9.59 Å². The molecule has 0 heterocycles. The summed E-state index contributed by atoms with van der Waals surface area (Å²) in [6.07, 6.45) is -0.856. The maximum Gasteiger partial charge on any atom is 0.310 e. The number of carbonyl (C=O) groups is 2. The average Bonchev–Trinajstić information content (AvgIpc) is 2.59. The molecule has 6 heteroatoms. The zero-order valence-corrected chi connectivity index (χ0v) is 14.9. The highest BCUT2D eigenvalue weighted by atomic mass is 35.5. The van der Waals surface area contributed by atoms with Crippen LogP contribution >= 0.6 is 11.6 Å². The molecule has 0 spiro atoms. The number of benzene rings is 2. The van der Waals surface area contributed by atoms with E-state index in [2.05, 4.69) is 5.32 Å². The fraction of sp³-hybridized carbons (Fsp3) is 0.263. The molecule has 5 nitrogen and oxygen atoms in total. The largest absolute Gasteiger partial charge is 0.493 e. The Bertz CT molecular complexity index is 733. The standard InChI is InChI=1S/C19H20ClNO4/c1-13-8-9-15(20)12-17(13)21-19(23)14(2)25-18(22)10-11-24-16-6-4-3-5-7-16/h3-9,12,14H,10-11H2,1-2H3,(H,21,23)/t14-/m1/s1. The Morgan fingerprint density at radius 2 is 1.88 bits per heavy atom. The summed E-state index contributed by atoms with van der Waals surface area (Å²) >= 11 is 5.92. The lowest BCUT2D eigenvalue weighted by atomic mass is 10.2. The van der Waals surface area contributed by atoms with Crippen LogP contribution in [0.3, 0.4) is 0 Å². The molecule has 2 aromatic rings. The summed E-state index contributed by atoms with van der Waals surface area (Å²) in [5.74, 6) is -0.235. The number of hydrogen-bond donors (Lipinski definition) is 1. The van der Waals surface area contributed by atoms with Gasteiger partial charge in [-0.1, -0.05) is 35.9 Å². The van der Waals surface area contributed by atoms with Crippen LogP contribution in [0.1, 0.15) is 18.9 Å². The Labute approximate surface area is 151 Å². The first-order valence-electron chi connectivity index (χ1n) is 7.90. The molecule has 0 bridgehead atoms. The number of para-hydroxylation sites is 1. The Hall–Kier alpha value is -2.53. The highest BCUT2D eigenvalue weighted by Crippen LogP contribution is 2.20. The minimum atomic E-state index is -0.914. The van der Waals surface area contributed by atoms with Crippen molar-refractivity contribution >= 4 is 29.2 Å². The van der Waals surface area contributed by atoms with Gasteiger partial charge < -0.3 is 14.8 Å². The number of ether oxygens (including phenoxy) is 2. The van der Waals surface area contributed by atoms with Gasteiger partial charge in [0.1, 0.15) is 5.75 Å². The first-order chi connectivity index (χ1) is 12.0. The van der Waals surface area contributed by atoms with Crippen molar-refractivity contribution in [1.82, 2.24) is 0 Å². The van der Waals surface area contributed by atoms with Crippen molar-refractivity contribution in [2.75, 3.05) is 11.9 Å². The van der Waals surface area contributed by atoms with E-state index in [1.165, 1.54) is 6.92 Å². The van der Waals surface area contributed by atoms with E-state index < -0.39 is 18.0 Å². The summed E-state index contributed by atoms with van der Waals surface area (Å²) in [4.78, 5) is 24.0. The van der Waals surface area contributed by atoms with E-state index in [-0.39, 0.29) is 13.0 Å². The van der Waals surface area contributed by atoms with Gasteiger partial charge in [0.25, 0.3) is 5.91 Å². The maximum atomic E-state index is 12.1. The molecular weight excluding hydrogens is 342 g/mol. The number of anilines is 1. The number of rotatable bonds is 7. The third-order valence-corrected chi connectivity index (χ3v) is 3.69. The Morgan fingerprint density at radius 1 is 1.16 bits per heavy atom. The Kier molecular flexibility index (Phi) is 6.83. The smallest absolute Gasteiger partial charge is 0.310 e. The number of hydrogen-bond acceptors (Lipinski definition) is 4. The van der Waals surface area contributed by atoms with Crippen molar-refractivity contribution in [1.29, 1.82) is 0 Å². The van der Waals surface area contributed by atoms with Crippen molar-refractivity contribution in [3.63, 3.8) is 0 Å². The second-order valence-electron chi connectivity index (χ2n) is 5.49. The van der Waals surface area contributed by atoms with Crippen molar-refractivity contribution in [2.24, 2.45) is 0 Å². The van der Waals surface area contributed by atoms with Crippen molar-refractivity contribution in [3.05, 3.63) is 59.1 Å². The molecule has 0 aliphatic carbocycles. The predicted octanol–water partition coefficient (Wildman–Crippen LogP) is 3.99. The number of amides is 1. The monoisotopic (exact) mass is 361 g/mol. The first-order valence-corrected chi connectivity index (χ1v) is 8.28. The SMILES string of the molecule is Cc1ccc(Cl)cc1NC(=O)[C@@H](C)OC(=O)CCOc1ccccc1. The van der Waals surface area contributed by atoms with Crippen molar-refractivity contribution < 1.29 is 19.1 Å². The highest BCUT2D eigenvalue weighted by molar-refractivity contribution is 6.31. The third-order valence-electron chi connectivity index (χ3n) is 3.45. The van der Waals surface area contributed by atoms with Crippen LogP contribution in [0.15, 0.2) is 48.5 Å². The summed E-state index contributed by atoms with van der Waals surface area (Å²) in [7, 11) is 0. The lowest BCUT2D eigenvalue weighted by molar-refractivity contribution is -0.153. The van der Waals surface area contributed by atoms with Crippen LogP contribution in [0.2, 0.25) is 5.02 Å². The molecule has 132 valence electrons. The molecule has 25 heavy (non-hydrogen) atoms. The van der Waals surface area contributed by atoms with Gasteiger partial charge in [-0.25, -0.2) is 0 Å². The lowest BCUT2D eigenvalue weighted by Crippen LogP contribution is -2.30. The number of nitrogens with one attached hydrogen (secondary N) is 1. The number of esters is 1. The van der Waals surface area contributed by atoms with Crippen LogP contribution in [0.25, 0.3) is 0 Å². The molecule has 0 fully saturated rings. The number of halogens is 1. The molecule has 2 rings (SSSR count). The van der Waals surface area contributed by atoms with Gasteiger partial charge in [0.2, 0.25) is 0 Å². The molecule has 1 N–H and O–H groups in total. The van der Waals surface area contributed by atoms with Crippen LogP contribution in [-0.4, -0.2) is 24.6 Å². The van der Waals surface area contributed by atoms with Gasteiger partial charge in [0, 0.05) is 10.7 Å². The normalized spacial score (nSPS) is 11.5. The summed E-state index contributed by atoms with van der Waals surface area (Å²) in [5, 5.41) is 3.22. The molecule has 0 saturated heterocycles. The zero-order valence-electron chi connectivity index (χ0n) is 14.1. The van der Waals surface area contributed by atoms with Gasteiger partial charge >= 0.3 is 5.97 Å². The molecule has 0 aliphatic heterocycles. The van der Waals surface area contributed by atoms with Crippen molar-refractivity contribution in [2.45, 2.75) is 26.4 Å². The zero-order chi connectivity index (χ0) is 18.2. The van der Waals surface area contributed by atoms with Gasteiger partial charge in [0.05, 0.1) is 13.0 Å². The Balaban J connectivity index is 1.78. The highest BCUT2D eigenvalue weighted by Gasteiger charge is 2.18. The fourth-order valence-corrected chi connectivity index (χ4v) is 2.21. The van der Waals surface area contributed by atoms with E-state index in [9.17, 15) is 9.59 Å². The molecule has 0 aliphatic rings. The quantitative estimate of drug-likeness (QED) is 0.757. The van der Waals surface area contributed by atoms with Crippen molar-refractivity contribution in [3.8, 4) is 5.75 Å². The molecule has 1 atom stereocenters. The van der Waals surface area contributed by atoms with E-state index in [0.29, 0.717) is 16.5 Å². The molecule has 0 radical (unpaired) electrons. The van der Waals surface area contributed by atoms with E-state index >= 15 is 0 Å². The van der Waals surface area contributed by atoms with E-state index in [4.69, 9.17) is 21.1 Å². The Morgan fingerprint density at radius 3 is 2.60 bits per heavy atom. The second kappa shape index (κ2) is 9.08. The van der Waals surface area contributed by atoms with E-state index in [1.54, 1.807) is 30.3 Å². The minimum absolute atomic E-state index is 0.0582. The van der Waals surface area contributed by atoms with E-state index in [1.807, 2.05) is 25.1 Å². The predicted molar refractivity (Wildman–Crippen MR) is 96.9 cm³/mol. The first kappa shape index (κ1) is 18.8. The number of aryl methyl sites for hydroxylation is 1. The van der Waals surface area contributed by atoms with Gasteiger partial charge in [-0.05, 0) is 43.7 Å². The van der Waals surface area contributed by atoms with Crippen LogP contribution < -0.4 is 10.1 Å². The minimum Gasteiger partial charge on any atom is -0.493 e. The molecule has 0 unspecified atom stereocenters. The molecule has 2 aromatic carbocycles. The summed E-state index contributed by atoms with van der Waals surface area (Å²) in [6.45, 7) is 3.55. The topological polar surface area (TPSA) is 64.6 Å². The fourth-order valence-electron chi connectivity index (χ4n) is 2.04. The second-order valence-corrected chi connectivity index (χ2v) is 5.93. The van der Waals surface area contributed by atoms with Crippen LogP contribution in [0, 0.1) is 6.92 Å². The summed E-state index contributed by atoms with van der Waals surface area (Å²) < 4.78 is 10.6. The molecule has 0 saturated carbocycles. The molecule has 0 aromatic heterocycles. The van der Waals surface area contributed by atoms with Crippen LogP contribution in [-0.2, 0) is 14.3 Å². The molecular formula is C19H20ClNO4. The summed E-state index contributed by atoms with van der Waals surface area (Å²) in [6, 6.07) is 14.4. The third kappa shape index (κ3) is 6.12. The van der Waals surface area contributed by atoms with Gasteiger partial charge in [-0.2, -0.15) is 0 Å². The van der Waals surface area contributed by atoms with Crippen LogP contribution in [0.5, 0.6) is 5.75 Å². The van der Waals surface area contributed by atoms with Crippen LogP contribution in [0.4, 0.5) is 5.69 Å². The maximum absolute atomic E-state index is 12.1. The average molecular weight is 362 g/mol. The van der Waals surface area contributed by atoms with E-state index in [0.717, 1.165) is 5.56 Å². The lowest BCUT2D eigenvalue weighted by Gasteiger charge is -2.15. The van der Waals surface area contributed by atoms with Gasteiger partial charge in [0.15, 0.2) is 6.10 Å². The van der Waals surface area contributed by atoms with Gasteiger partial charge in [-0.15, -0.1) is 0 Å². The summed E-state index contributed by atoms with van der Waals surface area (Å²) in [5.41, 5.74) is 1.46. The number of carbonyl (C=O) groups excluding carboxylic acids is 2. The molecule has 1 amide bonds.